The maximum atomic E-state index is 11.6. The molecule has 0 spiro atoms. The Bertz CT molecular complexity index is 1130. The van der Waals surface area contributed by atoms with Crippen LogP contribution in [0.4, 0.5) is 0 Å². The fourth-order valence-electron chi connectivity index (χ4n) is 4.42. The van der Waals surface area contributed by atoms with Crippen LogP contribution in [0.15, 0.2) is 41.3 Å². The molecule has 0 saturated carbocycles. The Morgan fingerprint density at radius 2 is 1.63 bits per heavy atom. The molecule has 226 valence electrons. The van der Waals surface area contributed by atoms with Gasteiger partial charge in [-0.2, -0.15) is 0 Å². The first kappa shape index (κ1) is 33.6. The molecule has 0 radical (unpaired) electrons. The summed E-state index contributed by atoms with van der Waals surface area (Å²) in [6.07, 6.45) is 0.354. The van der Waals surface area contributed by atoms with Crippen LogP contribution in [-0.4, -0.2) is 90.1 Å². The first-order valence-electron chi connectivity index (χ1n) is 13.7. The van der Waals surface area contributed by atoms with Crippen LogP contribution in [0.3, 0.4) is 0 Å². The zero-order valence-corrected chi connectivity index (χ0v) is 26.0. The SMILES string of the molecule is CNC(=O)CCC(=O)NCCOCCOCCOCCNSc1cccc(C2CN(C)Cc3c(Cl)cc(Cl)cc32)c1. The summed E-state index contributed by atoms with van der Waals surface area (Å²) in [5, 5.41) is 6.59. The Labute approximate surface area is 257 Å². The van der Waals surface area contributed by atoms with E-state index in [1.54, 1.807) is 19.0 Å². The van der Waals surface area contributed by atoms with E-state index in [-0.39, 0.29) is 30.6 Å². The Balaban J connectivity index is 1.22. The summed E-state index contributed by atoms with van der Waals surface area (Å²) in [6.45, 7) is 5.69. The van der Waals surface area contributed by atoms with Gasteiger partial charge in [0.2, 0.25) is 11.8 Å². The Morgan fingerprint density at radius 3 is 2.37 bits per heavy atom. The second kappa shape index (κ2) is 18.6. The summed E-state index contributed by atoms with van der Waals surface area (Å²) in [7, 11) is 3.66. The number of nitrogens with zero attached hydrogens (tertiary/aromatic N) is 1. The van der Waals surface area contributed by atoms with Crippen molar-refractivity contribution in [3.05, 3.63) is 63.1 Å². The van der Waals surface area contributed by atoms with Crippen molar-refractivity contribution in [3.8, 4) is 0 Å². The molecule has 1 heterocycles. The zero-order valence-electron chi connectivity index (χ0n) is 23.7. The van der Waals surface area contributed by atoms with Gasteiger partial charge in [0, 0.05) is 66.9 Å². The van der Waals surface area contributed by atoms with Gasteiger partial charge in [0.05, 0.1) is 39.6 Å². The average molecular weight is 628 g/mol. The maximum absolute atomic E-state index is 11.6. The summed E-state index contributed by atoms with van der Waals surface area (Å²) in [5.41, 5.74) is 3.59. The monoisotopic (exact) mass is 626 g/mol. The summed E-state index contributed by atoms with van der Waals surface area (Å²) in [6, 6.07) is 12.4. The van der Waals surface area contributed by atoms with Crippen molar-refractivity contribution in [1.82, 2.24) is 20.3 Å². The smallest absolute Gasteiger partial charge is 0.220 e. The molecule has 1 aliphatic rings. The number of nitrogens with one attached hydrogen (secondary N) is 3. The molecule has 0 aliphatic carbocycles. The van der Waals surface area contributed by atoms with Gasteiger partial charge in [-0.25, -0.2) is 0 Å². The lowest BCUT2D eigenvalue weighted by Crippen LogP contribution is -2.31. The molecule has 1 aliphatic heterocycles. The van der Waals surface area contributed by atoms with E-state index in [9.17, 15) is 9.59 Å². The fourth-order valence-corrected chi connectivity index (χ4v) is 5.68. The minimum atomic E-state index is -0.165. The Morgan fingerprint density at radius 1 is 0.951 bits per heavy atom. The van der Waals surface area contributed by atoms with Gasteiger partial charge in [0.15, 0.2) is 0 Å². The standard InChI is InChI=1S/C29H40Cl2N4O5S/c1-32-28(36)6-7-29(37)33-8-10-38-12-14-40-15-13-39-11-9-34-41-23-5-3-4-21(16-23)25-19-35(2)20-26-24(25)17-22(30)18-27(26)31/h3-5,16-18,25,34H,6-15,19-20H2,1-2H3,(H,32,36)(H,33,37). The van der Waals surface area contributed by atoms with Gasteiger partial charge < -0.3 is 29.7 Å². The summed E-state index contributed by atoms with van der Waals surface area (Å²) < 4.78 is 19.9. The van der Waals surface area contributed by atoms with Crippen LogP contribution in [0.2, 0.25) is 10.0 Å². The van der Waals surface area contributed by atoms with Crippen molar-refractivity contribution in [2.75, 3.05) is 73.4 Å². The number of ether oxygens (including phenoxy) is 3. The van der Waals surface area contributed by atoms with E-state index < -0.39 is 0 Å². The number of likely N-dealkylation sites (N-methyl/N-ethyl adjacent to an activating group) is 1. The predicted octanol–water partition coefficient (Wildman–Crippen LogP) is 3.86. The molecule has 3 N–H and O–H groups in total. The molecule has 0 fully saturated rings. The van der Waals surface area contributed by atoms with Crippen molar-refractivity contribution in [1.29, 1.82) is 0 Å². The lowest BCUT2D eigenvalue weighted by atomic mass is 9.85. The number of hydrogen-bond donors (Lipinski definition) is 3. The van der Waals surface area contributed by atoms with E-state index in [0.717, 1.165) is 28.6 Å². The molecule has 41 heavy (non-hydrogen) atoms. The molecule has 0 aromatic heterocycles. The second-order valence-corrected chi connectivity index (χ2v) is 11.4. The Kier molecular flexibility index (Phi) is 15.3. The third-order valence-electron chi connectivity index (χ3n) is 6.46. The molecule has 3 rings (SSSR count). The zero-order chi connectivity index (χ0) is 29.5. The van der Waals surface area contributed by atoms with Crippen molar-refractivity contribution in [2.45, 2.75) is 30.2 Å². The number of rotatable bonds is 18. The van der Waals surface area contributed by atoms with Gasteiger partial charge in [-0.1, -0.05) is 35.3 Å². The van der Waals surface area contributed by atoms with E-state index >= 15 is 0 Å². The number of benzene rings is 2. The van der Waals surface area contributed by atoms with Crippen molar-refractivity contribution < 1.29 is 23.8 Å². The van der Waals surface area contributed by atoms with Gasteiger partial charge >= 0.3 is 0 Å². The fraction of sp³-hybridized carbons (Fsp3) is 0.517. The van der Waals surface area contributed by atoms with Crippen molar-refractivity contribution in [2.24, 2.45) is 0 Å². The third-order valence-corrected chi connectivity index (χ3v) is 7.86. The highest BCUT2D eigenvalue weighted by Crippen LogP contribution is 2.39. The normalized spacial score (nSPS) is 15.0. The molecule has 0 saturated heterocycles. The number of amides is 2. The minimum Gasteiger partial charge on any atom is -0.378 e. The maximum Gasteiger partial charge on any atom is 0.220 e. The lowest BCUT2D eigenvalue weighted by molar-refractivity contribution is -0.126. The van der Waals surface area contributed by atoms with Crippen LogP contribution in [0, 0.1) is 0 Å². The number of fused-ring (bicyclic) bond motifs is 1. The largest absolute Gasteiger partial charge is 0.378 e. The highest BCUT2D eigenvalue weighted by atomic mass is 35.5. The quantitative estimate of drug-likeness (QED) is 0.169. The molecule has 2 aromatic carbocycles. The first-order chi connectivity index (χ1) is 19.9. The molecular weight excluding hydrogens is 587 g/mol. The van der Waals surface area contributed by atoms with Crippen LogP contribution in [0.1, 0.15) is 35.4 Å². The summed E-state index contributed by atoms with van der Waals surface area (Å²) in [5.74, 6) is -0.106. The van der Waals surface area contributed by atoms with Crippen LogP contribution >= 0.6 is 35.1 Å². The van der Waals surface area contributed by atoms with E-state index in [1.807, 2.05) is 6.07 Å². The van der Waals surface area contributed by atoms with Gasteiger partial charge in [0.1, 0.15) is 0 Å². The van der Waals surface area contributed by atoms with Crippen LogP contribution < -0.4 is 15.4 Å². The first-order valence-corrected chi connectivity index (χ1v) is 15.3. The Hall–Kier alpha value is -1.89. The van der Waals surface area contributed by atoms with E-state index in [4.69, 9.17) is 37.4 Å². The van der Waals surface area contributed by atoms with Crippen LogP contribution in [-0.2, 0) is 30.3 Å². The molecule has 2 amide bonds. The van der Waals surface area contributed by atoms with E-state index in [1.165, 1.54) is 11.1 Å². The molecule has 2 aromatic rings. The molecule has 12 heteroatoms. The summed E-state index contributed by atoms with van der Waals surface area (Å²) in [4.78, 5) is 26.1. The molecule has 1 unspecified atom stereocenters. The summed E-state index contributed by atoms with van der Waals surface area (Å²) >= 11 is 14.4. The molecule has 9 nitrogen and oxygen atoms in total. The van der Waals surface area contributed by atoms with E-state index in [0.29, 0.717) is 57.8 Å². The second-order valence-electron chi connectivity index (χ2n) is 9.63. The number of hydrogen-bond acceptors (Lipinski definition) is 8. The van der Waals surface area contributed by atoms with Crippen LogP contribution in [0.5, 0.6) is 0 Å². The predicted molar refractivity (Wildman–Crippen MR) is 164 cm³/mol. The number of carbonyl (C=O) groups excluding carboxylic acids is 2. The highest BCUT2D eigenvalue weighted by Gasteiger charge is 2.27. The van der Waals surface area contributed by atoms with Crippen molar-refractivity contribution in [3.63, 3.8) is 0 Å². The van der Waals surface area contributed by atoms with Gasteiger partial charge in [-0.05, 0) is 60.0 Å². The number of carbonyl (C=O) groups is 2. The molecule has 0 bridgehead atoms. The van der Waals surface area contributed by atoms with Gasteiger partial charge in [0.25, 0.3) is 0 Å². The van der Waals surface area contributed by atoms with E-state index in [2.05, 4.69) is 57.6 Å². The highest BCUT2D eigenvalue weighted by molar-refractivity contribution is 7.97. The average Bonchev–Trinajstić information content (AvgIpc) is 2.96. The third kappa shape index (κ3) is 12.1. The lowest BCUT2D eigenvalue weighted by Gasteiger charge is -2.33. The van der Waals surface area contributed by atoms with Crippen LogP contribution in [0.25, 0.3) is 0 Å². The van der Waals surface area contributed by atoms with Gasteiger partial charge in [-0.15, -0.1) is 0 Å². The molecular formula is C29H40Cl2N4O5S. The topological polar surface area (TPSA) is 101 Å². The van der Waals surface area contributed by atoms with Gasteiger partial charge in [-0.3, -0.25) is 14.3 Å². The number of halogens is 2. The minimum absolute atomic E-state index is 0.151. The van der Waals surface area contributed by atoms with Crippen molar-refractivity contribution >= 4 is 47.0 Å². The molecule has 1 atom stereocenters.